The third-order valence-electron chi connectivity index (χ3n) is 3.31. The van der Waals surface area contributed by atoms with Crippen LogP contribution in [0.5, 0.6) is 0 Å². The number of aliphatic hydroxyl groups excluding tert-OH is 1. The van der Waals surface area contributed by atoms with Gasteiger partial charge in [-0.1, -0.05) is 6.58 Å². The van der Waals surface area contributed by atoms with Crippen molar-refractivity contribution in [3.63, 3.8) is 0 Å². The molecule has 2 fully saturated rings. The molecule has 1 N–H and O–H groups in total. The molecule has 3 heteroatoms. The van der Waals surface area contributed by atoms with Gasteiger partial charge in [-0.2, -0.15) is 0 Å². The molecule has 1 saturated carbocycles. The van der Waals surface area contributed by atoms with E-state index in [0.29, 0.717) is 5.57 Å². The first kappa shape index (κ1) is 7.95. The standard InChI is InChI=1S/C9H12O3/c1-5-6(4-10)8(2)9(3,12-8)7(5)11/h6,10H,1,4H2,2-3H3/t6-,8+,9-/m1/s1. The lowest BCUT2D eigenvalue weighted by molar-refractivity contribution is -0.120. The van der Waals surface area contributed by atoms with Crippen LogP contribution >= 0.6 is 0 Å². The van der Waals surface area contributed by atoms with Crippen molar-refractivity contribution < 1.29 is 14.6 Å². The molecule has 66 valence electrons. The zero-order valence-electron chi connectivity index (χ0n) is 7.26. The molecule has 0 bridgehead atoms. The van der Waals surface area contributed by atoms with Gasteiger partial charge in [0, 0.05) is 5.92 Å². The van der Waals surface area contributed by atoms with E-state index in [4.69, 9.17) is 9.84 Å². The number of rotatable bonds is 1. The van der Waals surface area contributed by atoms with Gasteiger partial charge in [0.1, 0.15) is 5.60 Å². The highest BCUT2D eigenvalue weighted by atomic mass is 16.6. The summed E-state index contributed by atoms with van der Waals surface area (Å²) in [6, 6.07) is 0. The van der Waals surface area contributed by atoms with Crippen LogP contribution in [0, 0.1) is 5.92 Å². The van der Waals surface area contributed by atoms with Crippen molar-refractivity contribution in [3.8, 4) is 0 Å². The summed E-state index contributed by atoms with van der Waals surface area (Å²) in [7, 11) is 0. The highest BCUT2D eigenvalue weighted by Crippen LogP contribution is 2.61. The summed E-state index contributed by atoms with van der Waals surface area (Å²) >= 11 is 0. The summed E-state index contributed by atoms with van der Waals surface area (Å²) in [5, 5.41) is 9.04. The summed E-state index contributed by atoms with van der Waals surface area (Å²) in [6.07, 6.45) is 0. The molecule has 1 aliphatic carbocycles. The maximum absolute atomic E-state index is 11.5. The van der Waals surface area contributed by atoms with Gasteiger partial charge in [0.2, 0.25) is 0 Å². The van der Waals surface area contributed by atoms with E-state index < -0.39 is 11.2 Å². The Bertz CT molecular complexity index is 283. The van der Waals surface area contributed by atoms with E-state index in [1.165, 1.54) is 0 Å². The Morgan fingerprint density at radius 2 is 2.25 bits per heavy atom. The third kappa shape index (κ3) is 0.549. The lowest BCUT2D eigenvalue weighted by Crippen LogP contribution is -2.24. The first-order chi connectivity index (χ1) is 5.47. The molecule has 1 aliphatic heterocycles. The fourth-order valence-corrected chi connectivity index (χ4v) is 2.16. The first-order valence-electron chi connectivity index (χ1n) is 4.02. The molecule has 0 aromatic rings. The Labute approximate surface area is 71.0 Å². The number of ketones is 1. The molecule has 3 atom stereocenters. The minimum atomic E-state index is -0.697. The van der Waals surface area contributed by atoms with Crippen LogP contribution in [0.1, 0.15) is 13.8 Å². The fourth-order valence-electron chi connectivity index (χ4n) is 2.16. The molecular weight excluding hydrogens is 156 g/mol. The highest BCUT2D eigenvalue weighted by Gasteiger charge is 2.77. The smallest absolute Gasteiger partial charge is 0.193 e. The Hall–Kier alpha value is -0.670. The number of ether oxygens (including phenoxy) is 1. The zero-order chi connectivity index (χ0) is 9.15. The first-order valence-corrected chi connectivity index (χ1v) is 4.02. The van der Waals surface area contributed by atoms with Crippen molar-refractivity contribution in [2.75, 3.05) is 6.61 Å². The Kier molecular flexibility index (Phi) is 1.20. The highest BCUT2D eigenvalue weighted by molar-refractivity contribution is 6.08. The quantitative estimate of drug-likeness (QED) is 0.452. The average molecular weight is 168 g/mol. The molecule has 1 saturated heterocycles. The second kappa shape index (κ2) is 1.80. The molecule has 0 amide bonds. The predicted octanol–water partition coefficient (Wildman–Crippen LogP) is 0.281. The van der Waals surface area contributed by atoms with Crippen molar-refractivity contribution in [2.45, 2.75) is 25.0 Å². The normalized spacial score (nSPS) is 51.1. The molecule has 0 radical (unpaired) electrons. The summed E-state index contributed by atoms with van der Waals surface area (Å²) in [4.78, 5) is 11.5. The maximum Gasteiger partial charge on any atom is 0.193 e. The largest absolute Gasteiger partial charge is 0.396 e. The van der Waals surface area contributed by atoms with Gasteiger partial charge < -0.3 is 9.84 Å². The predicted molar refractivity (Wildman–Crippen MR) is 42.6 cm³/mol. The monoisotopic (exact) mass is 168 g/mol. The van der Waals surface area contributed by atoms with E-state index in [1.54, 1.807) is 6.92 Å². The van der Waals surface area contributed by atoms with Crippen LogP contribution in [-0.4, -0.2) is 28.7 Å². The third-order valence-corrected chi connectivity index (χ3v) is 3.31. The van der Waals surface area contributed by atoms with Gasteiger partial charge in [-0.15, -0.1) is 0 Å². The number of carbonyl (C=O) groups excluding carboxylic acids is 1. The van der Waals surface area contributed by atoms with Crippen molar-refractivity contribution >= 4 is 5.78 Å². The maximum atomic E-state index is 11.5. The number of Topliss-reactive ketones (excluding diaryl/α,β-unsaturated/α-hetero) is 1. The van der Waals surface area contributed by atoms with Gasteiger partial charge in [-0.25, -0.2) is 0 Å². The van der Waals surface area contributed by atoms with E-state index in [9.17, 15) is 4.79 Å². The lowest BCUT2D eigenvalue weighted by Gasteiger charge is -2.13. The minimum absolute atomic E-state index is 0.0518. The van der Waals surface area contributed by atoms with Crippen molar-refractivity contribution in [1.29, 1.82) is 0 Å². The van der Waals surface area contributed by atoms with Crippen molar-refractivity contribution in [1.82, 2.24) is 0 Å². The van der Waals surface area contributed by atoms with Crippen LogP contribution < -0.4 is 0 Å². The number of carbonyl (C=O) groups is 1. The number of aliphatic hydroxyl groups is 1. The fraction of sp³-hybridized carbons (Fsp3) is 0.667. The molecule has 0 aromatic heterocycles. The lowest BCUT2D eigenvalue weighted by atomic mass is 9.92. The summed E-state index contributed by atoms with van der Waals surface area (Å²) in [6.45, 7) is 7.22. The van der Waals surface area contributed by atoms with Crippen molar-refractivity contribution in [3.05, 3.63) is 12.2 Å². The second-order valence-corrected chi connectivity index (χ2v) is 3.83. The Morgan fingerprint density at radius 1 is 1.67 bits per heavy atom. The van der Waals surface area contributed by atoms with Gasteiger partial charge in [-0.3, -0.25) is 4.79 Å². The molecular formula is C9H12O3. The summed E-state index contributed by atoms with van der Waals surface area (Å²) < 4.78 is 5.34. The Morgan fingerprint density at radius 3 is 2.50 bits per heavy atom. The van der Waals surface area contributed by atoms with Gasteiger partial charge in [0.25, 0.3) is 0 Å². The molecule has 1 heterocycles. The van der Waals surface area contributed by atoms with E-state index >= 15 is 0 Å². The van der Waals surface area contributed by atoms with Crippen molar-refractivity contribution in [2.24, 2.45) is 5.92 Å². The molecule has 12 heavy (non-hydrogen) atoms. The van der Waals surface area contributed by atoms with Gasteiger partial charge >= 0.3 is 0 Å². The van der Waals surface area contributed by atoms with E-state index in [2.05, 4.69) is 6.58 Å². The molecule has 0 unspecified atom stereocenters. The molecule has 2 rings (SSSR count). The van der Waals surface area contributed by atoms with Crippen LogP contribution in [-0.2, 0) is 9.53 Å². The zero-order valence-corrected chi connectivity index (χ0v) is 7.26. The van der Waals surface area contributed by atoms with E-state index in [1.807, 2.05) is 6.92 Å². The minimum Gasteiger partial charge on any atom is -0.396 e. The van der Waals surface area contributed by atoms with Crippen LogP contribution in [0.15, 0.2) is 12.2 Å². The summed E-state index contributed by atoms with van der Waals surface area (Å²) in [5.41, 5.74) is -0.679. The molecule has 0 spiro atoms. The van der Waals surface area contributed by atoms with Gasteiger partial charge in [0.15, 0.2) is 11.4 Å². The molecule has 2 aliphatic rings. The van der Waals surface area contributed by atoms with Gasteiger partial charge in [0.05, 0.1) is 6.61 Å². The van der Waals surface area contributed by atoms with Crippen LogP contribution in [0.3, 0.4) is 0 Å². The van der Waals surface area contributed by atoms with E-state index in [-0.39, 0.29) is 18.3 Å². The van der Waals surface area contributed by atoms with Crippen LogP contribution in [0.4, 0.5) is 0 Å². The number of hydrogen-bond acceptors (Lipinski definition) is 3. The average Bonchev–Trinajstić information content (AvgIpc) is 2.51. The van der Waals surface area contributed by atoms with E-state index in [0.717, 1.165) is 0 Å². The van der Waals surface area contributed by atoms with Gasteiger partial charge in [-0.05, 0) is 19.4 Å². The van der Waals surface area contributed by atoms with Crippen LogP contribution in [0.25, 0.3) is 0 Å². The number of hydrogen-bond donors (Lipinski definition) is 1. The second-order valence-electron chi connectivity index (χ2n) is 3.83. The SMILES string of the molecule is C=C1C(=O)[C@@]2(C)O[C@@]2(C)[C@@H]1CO. The number of epoxide rings is 1. The molecule has 0 aromatic carbocycles. The number of fused-ring (bicyclic) bond motifs is 1. The summed E-state index contributed by atoms with van der Waals surface area (Å²) in [5.74, 6) is -0.265. The topological polar surface area (TPSA) is 49.8 Å². The Balaban J connectivity index is 2.43. The molecule has 3 nitrogen and oxygen atoms in total. The van der Waals surface area contributed by atoms with Crippen LogP contribution in [0.2, 0.25) is 0 Å².